The zero-order valence-electron chi connectivity index (χ0n) is 12.6. The number of nitrogens with zero attached hydrogens (tertiary/aromatic N) is 1. The van der Waals surface area contributed by atoms with Crippen LogP contribution in [0.1, 0.15) is 48.0 Å². The molecule has 4 heteroatoms. The monoisotopic (exact) mass is 287 g/mol. The second kappa shape index (κ2) is 6.58. The average molecular weight is 287 g/mol. The molecule has 0 radical (unpaired) electrons. The highest BCUT2D eigenvalue weighted by atomic mass is 16.1. The predicted octanol–water partition coefficient (Wildman–Crippen LogP) is 1.89. The van der Waals surface area contributed by atoms with Gasteiger partial charge < -0.3 is 11.1 Å². The minimum Gasteiger partial charge on any atom is -0.366 e. The van der Waals surface area contributed by atoms with E-state index in [-0.39, 0.29) is 5.91 Å². The molecule has 21 heavy (non-hydrogen) atoms. The van der Waals surface area contributed by atoms with Crippen LogP contribution in [0.2, 0.25) is 0 Å². The van der Waals surface area contributed by atoms with Crippen molar-refractivity contribution in [1.82, 2.24) is 10.2 Å². The summed E-state index contributed by atoms with van der Waals surface area (Å²) in [5, 5.41) is 3.63. The zero-order chi connectivity index (χ0) is 14.7. The second-order valence-corrected chi connectivity index (χ2v) is 6.37. The summed E-state index contributed by atoms with van der Waals surface area (Å²) >= 11 is 0. The molecule has 1 aromatic carbocycles. The van der Waals surface area contributed by atoms with Crippen LogP contribution in [0.25, 0.3) is 0 Å². The molecule has 1 heterocycles. The van der Waals surface area contributed by atoms with Crippen LogP contribution in [-0.2, 0) is 6.54 Å². The standard InChI is InChI=1S/C17H25N3O/c18-17(21)14-5-3-4-13(10-14)11-20(16-7-8-16)12-15-6-1-2-9-19-15/h3-5,10,15-16,19H,1-2,6-9,11-12H2,(H2,18,21). The third-order valence-corrected chi connectivity index (χ3v) is 4.53. The molecule has 1 saturated heterocycles. The highest BCUT2D eigenvalue weighted by Crippen LogP contribution is 2.29. The van der Waals surface area contributed by atoms with E-state index in [2.05, 4.69) is 16.3 Å². The van der Waals surface area contributed by atoms with Crippen LogP contribution < -0.4 is 11.1 Å². The molecule has 1 aliphatic carbocycles. The molecule has 2 fully saturated rings. The van der Waals surface area contributed by atoms with Crippen LogP contribution in [0, 0.1) is 0 Å². The van der Waals surface area contributed by atoms with Gasteiger partial charge in [-0.05, 0) is 49.9 Å². The summed E-state index contributed by atoms with van der Waals surface area (Å²) in [5.41, 5.74) is 7.17. The maximum Gasteiger partial charge on any atom is 0.248 e. The van der Waals surface area contributed by atoms with Crippen molar-refractivity contribution in [3.8, 4) is 0 Å². The van der Waals surface area contributed by atoms with E-state index < -0.39 is 0 Å². The van der Waals surface area contributed by atoms with Gasteiger partial charge in [-0.15, -0.1) is 0 Å². The number of carbonyl (C=O) groups excluding carboxylic acids is 1. The maximum atomic E-state index is 11.3. The molecule has 1 amide bonds. The Morgan fingerprint density at radius 2 is 2.14 bits per heavy atom. The van der Waals surface area contributed by atoms with Crippen LogP contribution in [-0.4, -0.2) is 36.0 Å². The van der Waals surface area contributed by atoms with Gasteiger partial charge in [0.1, 0.15) is 0 Å². The summed E-state index contributed by atoms with van der Waals surface area (Å²) in [4.78, 5) is 13.9. The fourth-order valence-electron chi connectivity index (χ4n) is 3.20. The summed E-state index contributed by atoms with van der Waals surface area (Å²) in [6.07, 6.45) is 6.54. The minimum atomic E-state index is -0.344. The van der Waals surface area contributed by atoms with E-state index in [4.69, 9.17) is 5.73 Å². The number of benzene rings is 1. The number of nitrogens with two attached hydrogens (primary N) is 1. The van der Waals surface area contributed by atoms with Crippen LogP contribution in [0.4, 0.5) is 0 Å². The average Bonchev–Trinajstić information content (AvgIpc) is 3.33. The molecule has 1 saturated carbocycles. The largest absolute Gasteiger partial charge is 0.366 e. The lowest BCUT2D eigenvalue weighted by Crippen LogP contribution is -2.44. The molecular weight excluding hydrogens is 262 g/mol. The second-order valence-electron chi connectivity index (χ2n) is 6.37. The first-order valence-corrected chi connectivity index (χ1v) is 8.08. The molecule has 2 aliphatic rings. The molecular formula is C17H25N3O. The number of hydrogen-bond acceptors (Lipinski definition) is 3. The lowest BCUT2D eigenvalue weighted by atomic mass is 10.0. The van der Waals surface area contributed by atoms with E-state index in [0.29, 0.717) is 11.6 Å². The zero-order valence-corrected chi connectivity index (χ0v) is 12.6. The molecule has 1 aromatic rings. The summed E-state index contributed by atoms with van der Waals surface area (Å²) in [7, 11) is 0. The number of rotatable bonds is 6. The third-order valence-electron chi connectivity index (χ3n) is 4.53. The molecule has 0 bridgehead atoms. The number of primary amides is 1. The van der Waals surface area contributed by atoms with Gasteiger partial charge in [-0.2, -0.15) is 0 Å². The highest BCUT2D eigenvalue weighted by Gasteiger charge is 2.30. The van der Waals surface area contributed by atoms with E-state index in [1.165, 1.54) is 37.7 Å². The fraction of sp³-hybridized carbons (Fsp3) is 0.588. The normalized spacial score (nSPS) is 22.4. The topological polar surface area (TPSA) is 58.4 Å². The van der Waals surface area contributed by atoms with Gasteiger partial charge in [0, 0.05) is 30.7 Å². The number of nitrogens with one attached hydrogen (secondary N) is 1. The Kier molecular flexibility index (Phi) is 4.56. The highest BCUT2D eigenvalue weighted by molar-refractivity contribution is 5.92. The fourth-order valence-corrected chi connectivity index (χ4v) is 3.20. The van der Waals surface area contributed by atoms with Gasteiger partial charge in [-0.3, -0.25) is 9.69 Å². The molecule has 4 nitrogen and oxygen atoms in total. The quantitative estimate of drug-likeness (QED) is 0.840. The first-order valence-electron chi connectivity index (χ1n) is 8.08. The van der Waals surface area contributed by atoms with E-state index in [1.54, 1.807) is 6.07 Å². The summed E-state index contributed by atoms with van der Waals surface area (Å²) < 4.78 is 0. The molecule has 114 valence electrons. The first-order chi connectivity index (χ1) is 10.2. The lowest BCUT2D eigenvalue weighted by Gasteiger charge is -2.30. The molecule has 1 atom stereocenters. The Morgan fingerprint density at radius 1 is 1.29 bits per heavy atom. The Morgan fingerprint density at radius 3 is 2.81 bits per heavy atom. The van der Waals surface area contributed by atoms with Gasteiger partial charge >= 0.3 is 0 Å². The Balaban J connectivity index is 1.64. The Bertz CT molecular complexity index is 493. The number of carbonyl (C=O) groups is 1. The van der Waals surface area contributed by atoms with Crippen LogP contribution >= 0.6 is 0 Å². The van der Waals surface area contributed by atoms with Gasteiger partial charge in [0.2, 0.25) is 5.91 Å². The third kappa shape index (κ3) is 4.05. The SMILES string of the molecule is NC(=O)c1cccc(CN(CC2CCCCN2)C2CC2)c1. The van der Waals surface area contributed by atoms with Gasteiger partial charge in [-0.25, -0.2) is 0 Å². The molecule has 0 spiro atoms. The van der Waals surface area contributed by atoms with Crippen molar-refractivity contribution in [1.29, 1.82) is 0 Å². The van der Waals surface area contributed by atoms with Crippen molar-refractivity contribution in [3.63, 3.8) is 0 Å². The van der Waals surface area contributed by atoms with Gasteiger partial charge in [0.15, 0.2) is 0 Å². The minimum absolute atomic E-state index is 0.344. The maximum absolute atomic E-state index is 11.3. The van der Waals surface area contributed by atoms with Crippen molar-refractivity contribution in [2.75, 3.05) is 13.1 Å². The summed E-state index contributed by atoms with van der Waals surface area (Å²) in [6, 6.07) is 9.10. The summed E-state index contributed by atoms with van der Waals surface area (Å²) in [5.74, 6) is -0.344. The van der Waals surface area contributed by atoms with Crippen molar-refractivity contribution in [2.24, 2.45) is 5.73 Å². The van der Waals surface area contributed by atoms with Gasteiger partial charge in [0.25, 0.3) is 0 Å². The van der Waals surface area contributed by atoms with Gasteiger partial charge in [-0.1, -0.05) is 18.6 Å². The Hall–Kier alpha value is -1.39. The first kappa shape index (κ1) is 14.5. The van der Waals surface area contributed by atoms with Crippen LogP contribution in [0.3, 0.4) is 0 Å². The van der Waals surface area contributed by atoms with Crippen LogP contribution in [0.5, 0.6) is 0 Å². The number of piperidine rings is 1. The van der Waals surface area contributed by atoms with Crippen molar-refractivity contribution in [3.05, 3.63) is 35.4 Å². The lowest BCUT2D eigenvalue weighted by molar-refractivity contribution is 0.1000. The van der Waals surface area contributed by atoms with Crippen molar-refractivity contribution in [2.45, 2.75) is 50.7 Å². The van der Waals surface area contributed by atoms with E-state index in [0.717, 1.165) is 25.7 Å². The number of amides is 1. The van der Waals surface area contributed by atoms with E-state index >= 15 is 0 Å². The van der Waals surface area contributed by atoms with E-state index in [1.807, 2.05) is 12.1 Å². The molecule has 3 N–H and O–H groups in total. The van der Waals surface area contributed by atoms with Gasteiger partial charge in [0.05, 0.1) is 0 Å². The van der Waals surface area contributed by atoms with Crippen LogP contribution in [0.15, 0.2) is 24.3 Å². The van der Waals surface area contributed by atoms with Crippen molar-refractivity contribution < 1.29 is 4.79 Å². The van der Waals surface area contributed by atoms with Crippen molar-refractivity contribution >= 4 is 5.91 Å². The predicted molar refractivity (Wildman–Crippen MR) is 84.0 cm³/mol. The molecule has 3 rings (SSSR count). The Labute approximate surface area is 126 Å². The summed E-state index contributed by atoms with van der Waals surface area (Å²) in [6.45, 7) is 3.19. The van der Waals surface area contributed by atoms with E-state index in [9.17, 15) is 4.79 Å². The molecule has 0 aromatic heterocycles. The molecule has 1 aliphatic heterocycles. The molecule has 1 unspecified atom stereocenters. The smallest absolute Gasteiger partial charge is 0.248 e. The number of hydrogen-bond donors (Lipinski definition) is 2.